The summed E-state index contributed by atoms with van der Waals surface area (Å²) in [4.78, 5) is 22.9. The number of ketones is 1. The van der Waals surface area contributed by atoms with Crippen LogP contribution in [0.4, 0.5) is 0 Å². The molecule has 1 unspecified atom stereocenters. The van der Waals surface area contributed by atoms with Crippen LogP contribution in [0.5, 0.6) is 5.75 Å². The van der Waals surface area contributed by atoms with Crippen LogP contribution in [0.2, 0.25) is 5.02 Å². The van der Waals surface area contributed by atoms with E-state index in [9.17, 15) is 31.7 Å². The van der Waals surface area contributed by atoms with Crippen LogP contribution < -0.4 is 4.74 Å². The Morgan fingerprint density at radius 3 is 1.86 bits per heavy atom. The largest absolute Gasteiger partial charge is 0.485 e. The fourth-order valence-electron chi connectivity index (χ4n) is 4.60. The van der Waals surface area contributed by atoms with Crippen molar-refractivity contribution in [2.24, 2.45) is 11.3 Å². The maximum Gasteiger partial charge on any atom is 0.368 e. The van der Waals surface area contributed by atoms with E-state index in [4.69, 9.17) is 25.4 Å². The van der Waals surface area contributed by atoms with Crippen molar-refractivity contribution in [2.45, 2.75) is 29.7 Å². The standard InChI is InChI=1S/C15H9ClNO4.2C7H8O3S.Tl/c16-8-3-4-11-10(6-8)13(18)12-14(21-11)15(12)5-1-2-9(7-15)17(19)20;2*1-6-2-4-7(5-3-6)11(8,9)10;/h1-7,12,14H;2*2-5H,1H3,(H,8,9,10);/q+1;;;/t12-,14+,15?;;;/m0.../s1. The van der Waals surface area contributed by atoms with E-state index < -0.39 is 36.5 Å². The van der Waals surface area contributed by atoms with Gasteiger partial charge in [0.05, 0.1) is 26.4 Å². The summed E-state index contributed by atoms with van der Waals surface area (Å²) >= 11 is 5.92. The molecule has 1 radical (unpaired) electrons. The van der Waals surface area contributed by atoms with Gasteiger partial charge in [-0.2, -0.15) is 16.8 Å². The minimum Gasteiger partial charge on any atom is -0.485 e. The van der Waals surface area contributed by atoms with Crippen molar-refractivity contribution in [1.82, 2.24) is 0 Å². The predicted molar refractivity (Wildman–Crippen MR) is 162 cm³/mol. The molecule has 1 spiro atoms. The average Bonchev–Trinajstić information content (AvgIpc) is 3.53. The van der Waals surface area contributed by atoms with Gasteiger partial charge < -0.3 is 4.74 Å². The molecule has 15 heteroatoms. The van der Waals surface area contributed by atoms with Crippen molar-refractivity contribution in [1.29, 1.82) is 0 Å². The Kier molecular flexibility index (Phi) is 10.9. The van der Waals surface area contributed by atoms with E-state index in [-0.39, 0.29) is 54.7 Å². The first-order valence-electron chi connectivity index (χ1n) is 12.5. The summed E-state index contributed by atoms with van der Waals surface area (Å²) < 4.78 is 64.9. The molecular weight excluding hydrogens is 826 g/mol. The van der Waals surface area contributed by atoms with E-state index in [1.54, 1.807) is 54.6 Å². The number of nitrogens with zero attached hydrogens (tertiary/aromatic N) is 1. The molecule has 1 aliphatic heterocycles. The number of ether oxygens (including phenoxy) is 1. The number of allylic oxidation sites excluding steroid dienone is 1. The molecule has 3 atom stereocenters. The molecule has 3 aromatic rings. The van der Waals surface area contributed by atoms with Gasteiger partial charge in [0, 0.05) is 38.4 Å². The SMILES string of the molecule is Cc1ccc(S(=O)(=O)O)cc1.Cc1ccc(S(=O)(=O)O)cc1.O=C1c2cc(Cl)ccc2O[C@@H]2[C@H]1C21C=C[CH+]C([N+](=O)[O-])=C1.[Tl]. The number of carbonyl (C=O) groups excluding carboxylic acids is 1. The van der Waals surface area contributed by atoms with Gasteiger partial charge in [-0.15, -0.1) is 0 Å². The molecule has 0 aromatic heterocycles. The number of hydrogen-bond acceptors (Lipinski definition) is 8. The van der Waals surface area contributed by atoms with Gasteiger partial charge in [0.25, 0.3) is 20.2 Å². The number of Topliss-reactive ketones (excluding diaryl/α,β-unsaturated/α-hetero) is 1. The molecule has 1 heterocycles. The summed E-state index contributed by atoms with van der Waals surface area (Å²) in [5.74, 6) is -0.000791. The van der Waals surface area contributed by atoms with Crippen molar-refractivity contribution in [3.05, 3.63) is 129 Å². The summed E-state index contributed by atoms with van der Waals surface area (Å²) in [5, 5.41) is 11.4. The Balaban J connectivity index is 0.000000197. The number of benzene rings is 3. The van der Waals surface area contributed by atoms with Crippen LogP contribution >= 0.6 is 11.6 Å². The molecule has 0 saturated heterocycles. The van der Waals surface area contributed by atoms with Gasteiger partial charge in [-0.3, -0.25) is 24.0 Å². The van der Waals surface area contributed by atoms with Gasteiger partial charge in [-0.1, -0.05) is 47.0 Å². The molecular formula is C29H25ClNO10S2Tl+. The number of halogens is 1. The fourth-order valence-corrected chi connectivity index (χ4v) is 5.73. The third-order valence-electron chi connectivity index (χ3n) is 6.87. The summed E-state index contributed by atoms with van der Waals surface area (Å²) in [7, 11) is -8.04. The molecule has 6 rings (SSSR count). The first kappa shape index (κ1) is 35.4. The zero-order chi connectivity index (χ0) is 31.7. The van der Waals surface area contributed by atoms with Crippen molar-refractivity contribution >= 4 is 64.9 Å². The molecule has 1 saturated carbocycles. The number of nitro groups is 1. The van der Waals surface area contributed by atoms with Crippen LogP contribution in [0.1, 0.15) is 21.5 Å². The maximum atomic E-state index is 12.6. The van der Waals surface area contributed by atoms with Crippen molar-refractivity contribution in [3.63, 3.8) is 0 Å². The topological polar surface area (TPSA) is 178 Å². The summed E-state index contributed by atoms with van der Waals surface area (Å²) in [6, 6.07) is 16.9. The van der Waals surface area contributed by atoms with E-state index in [1.165, 1.54) is 36.8 Å². The average molecular weight is 851 g/mol. The van der Waals surface area contributed by atoms with Gasteiger partial charge in [0.2, 0.25) is 0 Å². The van der Waals surface area contributed by atoms with Crippen molar-refractivity contribution in [3.8, 4) is 5.75 Å². The molecule has 3 aromatic carbocycles. The number of aryl methyl sites for hydroxylation is 2. The molecule has 2 N–H and O–H groups in total. The zero-order valence-corrected chi connectivity index (χ0v) is 30.1. The van der Waals surface area contributed by atoms with E-state index in [0.717, 1.165) is 11.1 Å². The summed E-state index contributed by atoms with van der Waals surface area (Å²) in [6.07, 6.45) is 5.99. The molecule has 11 nitrogen and oxygen atoms in total. The maximum absolute atomic E-state index is 12.6. The smallest absolute Gasteiger partial charge is 0.368 e. The Labute approximate surface area is 279 Å². The van der Waals surface area contributed by atoms with E-state index >= 15 is 0 Å². The van der Waals surface area contributed by atoms with Crippen LogP contribution in [0.3, 0.4) is 0 Å². The Bertz CT molecular complexity index is 1790. The van der Waals surface area contributed by atoms with E-state index in [1.807, 2.05) is 13.8 Å². The van der Waals surface area contributed by atoms with Crippen molar-refractivity contribution in [2.75, 3.05) is 0 Å². The Morgan fingerprint density at radius 1 is 0.909 bits per heavy atom. The second-order valence-corrected chi connectivity index (χ2v) is 13.2. The van der Waals surface area contributed by atoms with E-state index in [2.05, 4.69) is 0 Å². The number of hydrogen-bond donors (Lipinski definition) is 2. The van der Waals surface area contributed by atoms with Gasteiger partial charge in [0.1, 0.15) is 30.3 Å². The molecule has 44 heavy (non-hydrogen) atoms. The quantitative estimate of drug-likeness (QED) is 0.121. The van der Waals surface area contributed by atoms with Crippen LogP contribution in [0.15, 0.2) is 100 Å². The number of carbonyl (C=O) groups is 1. The molecule has 2 aliphatic carbocycles. The van der Waals surface area contributed by atoms with E-state index in [0.29, 0.717) is 16.3 Å². The third kappa shape index (κ3) is 7.94. The fraction of sp³-hybridized carbons (Fsp3) is 0.172. The third-order valence-corrected chi connectivity index (χ3v) is 8.84. The normalized spacial score (nSPS) is 20.8. The van der Waals surface area contributed by atoms with Crippen LogP contribution in [-0.4, -0.2) is 70.1 Å². The first-order chi connectivity index (χ1) is 20.0. The molecule has 1 fully saturated rings. The molecule has 0 bridgehead atoms. The predicted octanol–water partition coefficient (Wildman–Crippen LogP) is 4.94. The van der Waals surface area contributed by atoms with Crippen molar-refractivity contribution < 1.29 is 40.4 Å². The van der Waals surface area contributed by atoms with Crippen LogP contribution in [0.25, 0.3) is 0 Å². The second-order valence-electron chi connectivity index (χ2n) is 9.95. The van der Waals surface area contributed by atoms with Gasteiger partial charge in [-0.05, 0) is 56.3 Å². The van der Waals surface area contributed by atoms with Crippen LogP contribution in [-0.2, 0) is 20.2 Å². The molecule has 0 amide bonds. The minimum absolute atomic E-state index is 0. The Morgan fingerprint density at radius 2 is 1.41 bits per heavy atom. The van der Waals surface area contributed by atoms with Gasteiger partial charge in [-0.25, -0.2) is 0 Å². The molecule has 227 valence electrons. The second kappa shape index (κ2) is 13.5. The minimum atomic E-state index is -4.02. The van der Waals surface area contributed by atoms with Crippen LogP contribution in [0, 0.1) is 41.7 Å². The van der Waals surface area contributed by atoms with Gasteiger partial charge in [0.15, 0.2) is 11.2 Å². The summed E-state index contributed by atoms with van der Waals surface area (Å²) in [6.45, 7) is 3.68. The molecule has 3 aliphatic rings. The number of fused-ring (bicyclic) bond motifs is 4. The number of rotatable bonds is 3. The Hall–Kier alpha value is -3.09. The monoisotopic (exact) mass is 851 g/mol. The zero-order valence-electron chi connectivity index (χ0n) is 23.2. The first-order valence-corrected chi connectivity index (χ1v) is 15.8. The van der Waals surface area contributed by atoms with Gasteiger partial charge >= 0.3 is 5.70 Å². The summed E-state index contributed by atoms with van der Waals surface area (Å²) in [5.41, 5.74) is 1.64.